The van der Waals surface area contributed by atoms with Gasteiger partial charge in [0.25, 0.3) is 0 Å². The molecule has 0 aliphatic rings. The van der Waals surface area contributed by atoms with E-state index in [0.29, 0.717) is 39.3 Å². The van der Waals surface area contributed by atoms with Crippen LogP contribution in [-0.2, 0) is 0 Å². The molecule has 0 atom stereocenters. The van der Waals surface area contributed by atoms with E-state index in [2.05, 4.69) is 16.3 Å². The van der Waals surface area contributed by atoms with Gasteiger partial charge in [-0.15, -0.1) is 5.23 Å². The first-order valence-corrected chi connectivity index (χ1v) is 4.46. The van der Waals surface area contributed by atoms with Crippen molar-refractivity contribution < 1.29 is 0 Å². The Morgan fingerprint density at radius 2 is 1.00 bits per heavy atom. The molecular weight excluding hydrogens is 170 g/mol. The van der Waals surface area contributed by atoms with Crippen molar-refractivity contribution in [3.63, 3.8) is 0 Å². The maximum absolute atomic E-state index is 5.34. The van der Waals surface area contributed by atoms with E-state index in [0.717, 1.165) is 0 Å². The normalized spacial score (nSPS) is 11.1. The molecule has 9 N–H and O–H groups in total. The average Bonchev–Trinajstić information content (AvgIpc) is 2.17. The van der Waals surface area contributed by atoms with Gasteiger partial charge in [0, 0.05) is 39.3 Å². The van der Waals surface area contributed by atoms with Crippen LogP contribution in [0.3, 0.4) is 0 Å². The molecule has 0 aliphatic carbocycles. The van der Waals surface area contributed by atoms with E-state index >= 15 is 0 Å². The van der Waals surface area contributed by atoms with Crippen LogP contribution in [0.15, 0.2) is 0 Å². The minimum absolute atomic E-state index is 0.575. The molecule has 0 aromatic heterocycles. The van der Waals surface area contributed by atoms with E-state index in [1.54, 1.807) is 5.23 Å². The molecule has 0 saturated heterocycles. The molecule has 80 valence electrons. The zero-order valence-corrected chi connectivity index (χ0v) is 7.92. The lowest BCUT2D eigenvalue weighted by atomic mass is 10.7. The summed E-state index contributed by atoms with van der Waals surface area (Å²) in [7, 11) is 0. The predicted octanol–water partition coefficient (Wildman–Crippen LogP) is -3.32. The van der Waals surface area contributed by atoms with Crippen molar-refractivity contribution in [2.24, 2.45) is 17.2 Å². The Morgan fingerprint density at radius 1 is 0.692 bits per heavy atom. The van der Waals surface area contributed by atoms with Gasteiger partial charge in [-0.3, -0.25) is 0 Å². The lowest BCUT2D eigenvalue weighted by Gasteiger charge is -2.23. The summed E-state index contributed by atoms with van der Waals surface area (Å²) in [5, 5.41) is 1.65. The topological polar surface area (TPSA) is 117 Å². The van der Waals surface area contributed by atoms with Gasteiger partial charge in [0.15, 0.2) is 0 Å². The lowest BCUT2D eigenvalue weighted by Crippen LogP contribution is -2.58. The van der Waals surface area contributed by atoms with Crippen molar-refractivity contribution in [2.75, 3.05) is 39.3 Å². The second-order valence-electron chi connectivity index (χ2n) is 2.43. The second-order valence-corrected chi connectivity index (χ2v) is 2.43. The number of hydrogen-bond acceptors (Lipinski definition) is 7. The zero-order chi connectivity index (χ0) is 9.94. The summed E-state index contributed by atoms with van der Waals surface area (Å²) in [6, 6.07) is 0. The first-order valence-electron chi connectivity index (χ1n) is 4.46. The molecule has 0 aromatic carbocycles. The van der Waals surface area contributed by atoms with Crippen LogP contribution in [0.4, 0.5) is 0 Å². The Kier molecular flexibility index (Phi) is 9.59. The highest BCUT2D eigenvalue weighted by Crippen LogP contribution is 1.66. The van der Waals surface area contributed by atoms with E-state index in [4.69, 9.17) is 17.2 Å². The Bertz CT molecular complexity index is 80.0. The molecule has 7 nitrogen and oxygen atoms in total. The van der Waals surface area contributed by atoms with E-state index < -0.39 is 0 Å². The van der Waals surface area contributed by atoms with Gasteiger partial charge in [0.2, 0.25) is 0 Å². The molecule has 0 aromatic rings. The van der Waals surface area contributed by atoms with Gasteiger partial charge in [-0.1, -0.05) is 0 Å². The molecule has 0 heterocycles. The summed E-state index contributed by atoms with van der Waals surface area (Å²) in [6.07, 6.45) is 0. The molecule has 0 fully saturated rings. The van der Waals surface area contributed by atoms with Crippen LogP contribution in [0.1, 0.15) is 0 Å². The number of nitrogens with zero attached hydrogens (tertiary/aromatic N) is 1. The van der Waals surface area contributed by atoms with Crippen molar-refractivity contribution in [1.29, 1.82) is 0 Å². The molecule has 0 spiro atoms. The second kappa shape index (κ2) is 9.81. The highest BCUT2D eigenvalue weighted by atomic mass is 15.9. The van der Waals surface area contributed by atoms with Gasteiger partial charge in [0.1, 0.15) is 0 Å². The van der Waals surface area contributed by atoms with Crippen molar-refractivity contribution in [1.82, 2.24) is 21.5 Å². The highest BCUT2D eigenvalue weighted by Gasteiger charge is 1.98. The van der Waals surface area contributed by atoms with Crippen LogP contribution in [0.5, 0.6) is 0 Å². The molecule has 0 aliphatic heterocycles. The molecular formula is C6H21N7. The maximum Gasteiger partial charge on any atom is 0.0252 e. The largest absolute Gasteiger partial charge is 0.329 e. The van der Waals surface area contributed by atoms with Gasteiger partial charge in [-0.25, -0.2) is 16.3 Å². The summed E-state index contributed by atoms with van der Waals surface area (Å²) in [5.41, 5.74) is 25.1. The maximum atomic E-state index is 5.34. The van der Waals surface area contributed by atoms with Gasteiger partial charge >= 0.3 is 0 Å². The van der Waals surface area contributed by atoms with Crippen molar-refractivity contribution in [2.45, 2.75) is 0 Å². The first kappa shape index (κ1) is 12.7. The summed E-state index contributed by atoms with van der Waals surface area (Å²) in [4.78, 5) is 0. The number of hydrazine groups is 3. The molecule has 0 unspecified atom stereocenters. The van der Waals surface area contributed by atoms with Gasteiger partial charge in [-0.2, -0.15) is 0 Å². The third-order valence-electron chi connectivity index (χ3n) is 1.24. The fourth-order valence-electron chi connectivity index (χ4n) is 0.697. The number of hydrogen-bond donors (Lipinski definition) is 6. The van der Waals surface area contributed by atoms with E-state index in [9.17, 15) is 0 Å². The van der Waals surface area contributed by atoms with E-state index in [-0.39, 0.29) is 0 Å². The molecule has 0 saturated carbocycles. The predicted molar refractivity (Wildman–Crippen MR) is 53.0 cm³/mol. The summed E-state index contributed by atoms with van der Waals surface area (Å²) in [5.74, 6) is 0. The number of nitrogens with two attached hydrogens (primary N) is 3. The van der Waals surface area contributed by atoms with Crippen LogP contribution >= 0.6 is 0 Å². The molecule has 0 amide bonds. The van der Waals surface area contributed by atoms with Crippen LogP contribution in [0.2, 0.25) is 0 Å². The number of rotatable bonds is 9. The van der Waals surface area contributed by atoms with Crippen LogP contribution in [-0.4, -0.2) is 44.5 Å². The molecule has 13 heavy (non-hydrogen) atoms. The smallest absolute Gasteiger partial charge is 0.0252 e. The molecule has 7 heteroatoms. The highest BCUT2D eigenvalue weighted by molar-refractivity contribution is 4.46. The lowest BCUT2D eigenvalue weighted by molar-refractivity contribution is 0.0526. The molecule has 0 bridgehead atoms. The van der Waals surface area contributed by atoms with Crippen LogP contribution in [0, 0.1) is 0 Å². The average molecular weight is 191 g/mol. The van der Waals surface area contributed by atoms with Crippen molar-refractivity contribution >= 4 is 0 Å². The SMILES string of the molecule is NCCNN(NCCN)NCCN. The van der Waals surface area contributed by atoms with E-state index in [1.807, 2.05) is 0 Å². The summed E-state index contributed by atoms with van der Waals surface area (Å²) >= 11 is 0. The fourth-order valence-corrected chi connectivity index (χ4v) is 0.697. The first-order chi connectivity index (χ1) is 6.35. The monoisotopic (exact) mass is 191 g/mol. The standard InChI is InChI=1S/C6H21N7/c7-1-4-10-13(11-5-2-8)12-6-3-9/h10-12H,1-9H2. The third-order valence-corrected chi connectivity index (χ3v) is 1.24. The van der Waals surface area contributed by atoms with Crippen molar-refractivity contribution in [3.8, 4) is 0 Å². The quantitative estimate of drug-likeness (QED) is 0.211. The summed E-state index contributed by atoms with van der Waals surface area (Å²) < 4.78 is 0. The Balaban J connectivity index is 3.47. The van der Waals surface area contributed by atoms with Crippen molar-refractivity contribution in [3.05, 3.63) is 0 Å². The fraction of sp³-hybridized carbons (Fsp3) is 1.00. The Labute approximate surface area is 78.9 Å². The van der Waals surface area contributed by atoms with Gasteiger partial charge in [0.05, 0.1) is 0 Å². The molecule has 0 rings (SSSR count). The van der Waals surface area contributed by atoms with E-state index in [1.165, 1.54) is 0 Å². The third kappa shape index (κ3) is 8.06. The summed E-state index contributed by atoms with van der Waals surface area (Å²) in [6.45, 7) is 3.79. The minimum Gasteiger partial charge on any atom is -0.329 e. The Morgan fingerprint density at radius 3 is 1.23 bits per heavy atom. The van der Waals surface area contributed by atoms with Gasteiger partial charge in [-0.05, 0) is 0 Å². The number of nitrogens with one attached hydrogen (secondary N) is 3. The van der Waals surface area contributed by atoms with Crippen LogP contribution < -0.4 is 33.5 Å². The zero-order valence-electron chi connectivity index (χ0n) is 7.92. The van der Waals surface area contributed by atoms with Crippen LogP contribution in [0.25, 0.3) is 0 Å². The Hall–Kier alpha value is -0.280. The minimum atomic E-state index is 0.575. The molecule has 0 radical (unpaired) electrons. The van der Waals surface area contributed by atoms with Gasteiger partial charge < -0.3 is 17.2 Å².